The molecule has 0 spiro atoms. The van der Waals surface area contributed by atoms with Crippen LogP contribution in [0.4, 0.5) is 5.69 Å². The average molecular weight is 231 g/mol. The Labute approximate surface area is 106 Å². The summed E-state index contributed by atoms with van der Waals surface area (Å²) in [5, 5.41) is 0. The summed E-state index contributed by atoms with van der Waals surface area (Å²) in [4.78, 5) is 2.30. The van der Waals surface area contributed by atoms with Crippen molar-refractivity contribution in [3.63, 3.8) is 0 Å². The number of rotatable bonds is 0. The SMILES string of the molecule is C/C=C1\N(C)c2ccc(C)cc2C1(C)C.CC. The minimum atomic E-state index is 0.144. The summed E-state index contributed by atoms with van der Waals surface area (Å²) in [5.41, 5.74) is 5.66. The number of nitrogens with zero attached hydrogens (tertiary/aromatic N) is 1. The van der Waals surface area contributed by atoms with Gasteiger partial charge in [-0.15, -0.1) is 0 Å². The molecule has 1 aliphatic rings. The van der Waals surface area contributed by atoms with E-state index in [0.717, 1.165) is 0 Å². The molecule has 0 bridgehead atoms. The van der Waals surface area contributed by atoms with Crippen molar-refractivity contribution in [2.24, 2.45) is 0 Å². The van der Waals surface area contributed by atoms with Gasteiger partial charge in [0.1, 0.15) is 0 Å². The summed E-state index contributed by atoms with van der Waals surface area (Å²) in [6.45, 7) is 12.9. The highest BCUT2D eigenvalue weighted by Crippen LogP contribution is 2.46. The van der Waals surface area contributed by atoms with E-state index in [1.54, 1.807) is 0 Å². The molecule has 17 heavy (non-hydrogen) atoms. The molecule has 1 aromatic rings. The van der Waals surface area contributed by atoms with Crippen molar-refractivity contribution in [1.29, 1.82) is 0 Å². The van der Waals surface area contributed by atoms with E-state index in [4.69, 9.17) is 0 Å². The van der Waals surface area contributed by atoms with Crippen molar-refractivity contribution >= 4 is 5.69 Å². The largest absolute Gasteiger partial charge is 0.347 e. The topological polar surface area (TPSA) is 3.24 Å². The second-order valence-corrected chi connectivity index (χ2v) is 4.88. The molecular weight excluding hydrogens is 206 g/mol. The number of hydrogen-bond donors (Lipinski definition) is 0. The van der Waals surface area contributed by atoms with Crippen LogP contribution in [0.1, 0.15) is 45.7 Å². The molecule has 0 aromatic heterocycles. The lowest BCUT2D eigenvalue weighted by Gasteiger charge is -2.23. The molecule has 1 heteroatoms. The van der Waals surface area contributed by atoms with Gasteiger partial charge in [-0.2, -0.15) is 0 Å². The van der Waals surface area contributed by atoms with Crippen LogP contribution in [-0.2, 0) is 5.41 Å². The average Bonchev–Trinajstić information content (AvgIpc) is 2.49. The Bertz CT molecular complexity index is 427. The molecule has 0 fully saturated rings. The Kier molecular flexibility index (Phi) is 4.03. The van der Waals surface area contributed by atoms with Gasteiger partial charge in [-0.1, -0.05) is 51.5 Å². The number of fused-ring (bicyclic) bond motifs is 1. The minimum absolute atomic E-state index is 0.144. The third-order valence-corrected chi connectivity index (χ3v) is 3.46. The van der Waals surface area contributed by atoms with Crippen molar-refractivity contribution in [3.8, 4) is 0 Å². The van der Waals surface area contributed by atoms with Gasteiger partial charge < -0.3 is 4.90 Å². The first-order chi connectivity index (χ1) is 7.98. The monoisotopic (exact) mass is 231 g/mol. The zero-order valence-electron chi connectivity index (χ0n) is 12.3. The molecule has 0 saturated heterocycles. The van der Waals surface area contributed by atoms with Gasteiger partial charge in [-0.3, -0.25) is 0 Å². The van der Waals surface area contributed by atoms with Gasteiger partial charge in [-0.25, -0.2) is 0 Å². The van der Waals surface area contributed by atoms with E-state index in [2.05, 4.69) is 63.9 Å². The van der Waals surface area contributed by atoms with E-state index >= 15 is 0 Å². The predicted molar refractivity (Wildman–Crippen MR) is 77.7 cm³/mol. The molecule has 0 amide bonds. The highest BCUT2D eigenvalue weighted by atomic mass is 15.2. The fourth-order valence-corrected chi connectivity index (χ4v) is 2.68. The van der Waals surface area contributed by atoms with Crippen molar-refractivity contribution in [1.82, 2.24) is 0 Å². The lowest BCUT2D eigenvalue weighted by Crippen LogP contribution is -2.22. The molecule has 0 radical (unpaired) electrons. The number of allylic oxidation sites excluding steroid dienone is 2. The third-order valence-electron chi connectivity index (χ3n) is 3.46. The maximum Gasteiger partial charge on any atom is 0.0448 e. The first-order valence-corrected chi connectivity index (χ1v) is 6.50. The number of benzene rings is 1. The molecule has 1 nitrogen and oxygen atoms in total. The van der Waals surface area contributed by atoms with Crippen LogP contribution in [0.25, 0.3) is 0 Å². The van der Waals surface area contributed by atoms with Gasteiger partial charge in [0.05, 0.1) is 0 Å². The van der Waals surface area contributed by atoms with Crippen LogP contribution in [0.2, 0.25) is 0 Å². The lowest BCUT2D eigenvalue weighted by atomic mass is 9.83. The Morgan fingerprint density at radius 2 is 1.76 bits per heavy atom. The summed E-state index contributed by atoms with van der Waals surface area (Å²) in [5.74, 6) is 0. The standard InChI is InChI=1S/C14H19N.C2H6/c1-6-13-14(3,4)11-9-10(2)7-8-12(11)15(13)5;1-2/h6-9H,1-5H3;1-2H3/b13-6-;. The van der Waals surface area contributed by atoms with E-state index in [0.29, 0.717) is 0 Å². The zero-order valence-corrected chi connectivity index (χ0v) is 12.3. The third kappa shape index (κ3) is 2.11. The molecule has 0 N–H and O–H groups in total. The Balaban J connectivity index is 0.000000686. The summed E-state index contributed by atoms with van der Waals surface area (Å²) >= 11 is 0. The summed E-state index contributed by atoms with van der Waals surface area (Å²) in [6, 6.07) is 6.72. The molecule has 0 saturated carbocycles. The van der Waals surface area contributed by atoms with Crippen molar-refractivity contribution in [3.05, 3.63) is 41.1 Å². The second-order valence-electron chi connectivity index (χ2n) is 4.88. The number of aryl methyl sites for hydroxylation is 1. The fraction of sp³-hybridized carbons (Fsp3) is 0.500. The van der Waals surface area contributed by atoms with E-state index in [1.165, 1.54) is 22.5 Å². The number of anilines is 1. The quantitative estimate of drug-likeness (QED) is 0.628. The molecule has 0 atom stereocenters. The predicted octanol–water partition coefficient (Wildman–Crippen LogP) is 4.65. The smallest absolute Gasteiger partial charge is 0.0448 e. The van der Waals surface area contributed by atoms with E-state index in [1.807, 2.05) is 13.8 Å². The minimum Gasteiger partial charge on any atom is -0.347 e. The Hall–Kier alpha value is -1.24. The van der Waals surface area contributed by atoms with E-state index < -0.39 is 0 Å². The second kappa shape index (κ2) is 4.95. The molecule has 0 aliphatic carbocycles. The van der Waals surface area contributed by atoms with Gasteiger partial charge in [0.25, 0.3) is 0 Å². The van der Waals surface area contributed by atoms with Crippen LogP contribution in [0.3, 0.4) is 0 Å². The van der Waals surface area contributed by atoms with E-state index in [9.17, 15) is 0 Å². The molecule has 94 valence electrons. The van der Waals surface area contributed by atoms with Crippen LogP contribution >= 0.6 is 0 Å². The molecule has 2 rings (SSSR count). The molecule has 0 unspecified atom stereocenters. The fourth-order valence-electron chi connectivity index (χ4n) is 2.68. The summed E-state index contributed by atoms with van der Waals surface area (Å²) < 4.78 is 0. The summed E-state index contributed by atoms with van der Waals surface area (Å²) in [7, 11) is 2.15. The van der Waals surface area contributed by atoms with Gasteiger partial charge in [0.2, 0.25) is 0 Å². The number of likely N-dealkylation sites (N-methyl/N-ethyl adjacent to an activating group) is 1. The van der Waals surface area contributed by atoms with Crippen LogP contribution in [0.15, 0.2) is 30.0 Å². The first kappa shape index (κ1) is 13.8. The maximum atomic E-state index is 2.31. The molecule has 1 heterocycles. The Morgan fingerprint density at radius 3 is 2.29 bits per heavy atom. The molecule has 1 aromatic carbocycles. The normalized spacial score (nSPS) is 18.8. The van der Waals surface area contributed by atoms with Crippen molar-refractivity contribution < 1.29 is 0 Å². The molecular formula is C16H25N. The van der Waals surface area contributed by atoms with Crippen LogP contribution in [-0.4, -0.2) is 7.05 Å². The zero-order chi connectivity index (χ0) is 13.2. The van der Waals surface area contributed by atoms with Gasteiger partial charge >= 0.3 is 0 Å². The first-order valence-electron chi connectivity index (χ1n) is 6.50. The number of hydrogen-bond acceptors (Lipinski definition) is 1. The molecule has 1 aliphatic heterocycles. The van der Waals surface area contributed by atoms with Crippen LogP contribution in [0, 0.1) is 6.92 Å². The van der Waals surface area contributed by atoms with E-state index in [-0.39, 0.29) is 5.41 Å². The maximum absolute atomic E-state index is 2.31. The highest BCUT2D eigenvalue weighted by Gasteiger charge is 2.37. The van der Waals surface area contributed by atoms with Gasteiger partial charge in [0, 0.05) is 23.8 Å². The lowest BCUT2D eigenvalue weighted by molar-refractivity contribution is 0.638. The Morgan fingerprint density at radius 1 is 1.18 bits per heavy atom. The van der Waals surface area contributed by atoms with Gasteiger partial charge in [-0.05, 0) is 25.5 Å². The van der Waals surface area contributed by atoms with Crippen molar-refractivity contribution in [2.75, 3.05) is 11.9 Å². The van der Waals surface area contributed by atoms with Crippen LogP contribution < -0.4 is 4.90 Å². The van der Waals surface area contributed by atoms with Gasteiger partial charge in [0.15, 0.2) is 0 Å². The highest BCUT2D eigenvalue weighted by molar-refractivity contribution is 5.70. The summed E-state index contributed by atoms with van der Waals surface area (Å²) in [6.07, 6.45) is 2.22. The van der Waals surface area contributed by atoms with Crippen molar-refractivity contribution in [2.45, 2.75) is 47.0 Å². The van der Waals surface area contributed by atoms with Crippen LogP contribution in [0.5, 0.6) is 0 Å².